The van der Waals surface area contributed by atoms with E-state index in [0.717, 1.165) is 36.8 Å². The van der Waals surface area contributed by atoms with Crippen LogP contribution in [-0.4, -0.2) is 34.3 Å². The molecule has 2 aromatic rings. The number of carbonyl (C=O) groups excluding carboxylic acids is 2. The van der Waals surface area contributed by atoms with Crippen molar-refractivity contribution in [3.05, 3.63) is 71.8 Å². The molecular weight excluding hydrogens is 404 g/mol. The van der Waals surface area contributed by atoms with Gasteiger partial charge in [0, 0.05) is 6.04 Å². The summed E-state index contributed by atoms with van der Waals surface area (Å²) in [5.41, 5.74) is 0.777. The average Bonchev–Trinajstić information content (AvgIpc) is 3.33. The van der Waals surface area contributed by atoms with Crippen molar-refractivity contribution in [3.63, 3.8) is 0 Å². The first-order chi connectivity index (χ1) is 15.3. The molecule has 0 spiro atoms. The van der Waals surface area contributed by atoms with Crippen LogP contribution in [0.4, 0.5) is 9.59 Å². The van der Waals surface area contributed by atoms with Crippen LogP contribution < -0.4 is 5.32 Å². The van der Waals surface area contributed by atoms with Gasteiger partial charge in [0.15, 0.2) is 0 Å². The highest BCUT2D eigenvalue weighted by molar-refractivity contribution is 5.72. The number of benzene rings is 2. The fourth-order valence-electron chi connectivity index (χ4n) is 5.09. The van der Waals surface area contributed by atoms with Crippen molar-refractivity contribution in [3.8, 4) is 0 Å². The number of carbonyl (C=O) groups is 2. The number of hydrogen-bond donors (Lipinski definition) is 1. The summed E-state index contributed by atoms with van der Waals surface area (Å²) in [6.07, 6.45) is 2.65. The second kappa shape index (κ2) is 8.85. The van der Waals surface area contributed by atoms with Crippen LogP contribution in [0.1, 0.15) is 63.6 Å². The van der Waals surface area contributed by atoms with Crippen LogP contribution in [0.25, 0.3) is 0 Å². The molecule has 32 heavy (non-hydrogen) atoms. The quantitative estimate of drug-likeness (QED) is 0.664. The molecule has 2 aliphatic heterocycles. The second-order valence-electron chi connectivity index (χ2n) is 9.73. The Kier molecular flexibility index (Phi) is 6.13. The van der Waals surface area contributed by atoms with E-state index in [1.165, 1.54) is 0 Å². The lowest BCUT2D eigenvalue weighted by atomic mass is 9.78. The van der Waals surface area contributed by atoms with Gasteiger partial charge in [0.25, 0.3) is 0 Å². The maximum Gasteiger partial charge on any atom is 0.411 e. The van der Waals surface area contributed by atoms with E-state index in [2.05, 4.69) is 5.32 Å². The normalized spacial score (nSPS) is 23.0. The molecule has 2 aliphatic rings. The lowest BCUT2D eigenvalue weighted by molar-refractivity contribution is 0.00232. The summed E-state index contributed by atoms with van der Waals surface area (Å²) in [7, 11) is 0. The SMILES string of the molecule is CC(C)(C)OC(=O)N1C2CCC1(C(NC(=O)OCc1ccccc1)c1ccccc1)CC2. The van der Waals surface area contributed by atoms with Gasteiger partial charge in [-0.1, -0.05) is 60.7 Å². The van der Waals surface area contributed by atoms with Crippen molar-refractivity contribution in [2.24, 2.45) is 0 Å². The van der Waals surface area contributed by atoms with Crippen molar-refractivity contribution in [2.75, 3.05) is 0 Å². The number of amides is 2. The van der Waals surface area contributed by atoms with E-state index in [4.69, 9.17) is 9.47 Å². The molecule has 2 saturated heterocycles. The van der Waals surface area contributed by atoms with Gasteiger partial charge in [0.2, 0.25) is 0 Å². The third-order valence-electron chi connectivity index (χ3n) is 6.40. The van der Waals surface area contributed by atoms with E-state index < -0.39 is 17.2 Å². The zero-order valence-electron chi connectivity index (χ0n) is 19.0. The lowest BCUT2D eigenvalue weighted by Crippen LogP contribution is -2.55. The summed E-state index contributed by atoms with van der Waals surface area (Å²) in [6.45, 7) is 5.83. The first-order valence-electron chi connectivity index (χ1n) is 11.3. The van der Waals surface area contributed by atoms with Gasteiger partial charge in [-0.25, -0.2) is 9.59 Å². The topological polar surface area (TPSA) is 67.9 Å². The van der Waals surface area contributed by atoms with Crippen molar-refractivity contribution < 1.29 is 19.1 Å². The molecule has 0 aliphatic carbocycles. The number of nitrogens with zero attached hydrogens (tertiary/aromatic N) is 1. The van der Waals surface area contributed by atoms with E-state index in [0.29, 0.717) is 0 Å². The van der Waals surface area contributed by atoms with Crippen LogP contribution in [-0.2, 0) is 16.1 Å². The standard InChI is InChI=1S/C26H32N2O4/c1-25(2,3)32-24(30)28-21-14-16-26(28,17-15-21)22(20-12-8-5-9-13-20)27-23(29)31-18-19-10-6-4-7-11-19/h4-13,21-22H,14-18H2,1-3H3,(H,27,29). The molecule has 2 amide bonds. The van der Waals surface area contributed by atoms with Crippen LogP contribution in [0.5, 0.6) is 0 Å². The number of ether oxygens (including phenoxy) is 2. The Balaban J connectivity index is 1.58. The summed E-state index contributed by atoms with van der Waals surface area (Å²) in [4.78, 5) is 28.0. The summed E-state index contributed by atoms with van der Waals surface area (Å²) in [5.74, 6) is 0. The maximum atomic E-state index is 13.2. The Morgan fingerprint density at radius 3 is 2.22 bits per heavy atom. The Hall–Kier alpha value is -3.02. The Morgan fingerprint density at radius 2 is 1.62 bits per heavy atom. The number of alkyl carbamates (subject to hydrolysis) is 1. The predicted octanol–water partition coefficient (Wildman–Crippen LogP) is 5.59. The molecule has 2 heterocycles. The molecule has 2 aromatic carbocycles. The molecule has 1 atom stereocenters. The van der Waals surface area contributed by atoms with Gasteiger partial charge < -0.3 is 14.8 Å². The predicted molar refractivity (Wildman–Crippen MR) is 122 cm³/mol. The Bertz CT molecular complexity index is 931. The Labute approximate surface area is 189 Å². The molecule has 6 nitrogen and oxygen atoms in total. The summed E-state index contributed by atoms with van der Waals surface area (Å²) in [6, 6.07) is 19.2. The molecule has 1 N–H and O–H groups in total. The van der Waals surface area contributed by atoms with Crippen LogP contribution in [0.15, 0.2) is 60.7 Å². The first-order valence-corrected chi connectivity index (χ1v) is 11.3. The highest BCUT2D eigenvalue weighted by atomic mass is 16.6. The highest BCUT2D eigenvalue weighted by Gasteiger charge is 2.59. The highest BCUT2D eigenvalue weighted by Crippen LogP contribution is 2.53. The molecule has 0 saturated carbocycles. The summed E-state index contributed by atoms with van der Waals surface area (Å²) < 4.78 is 11.3. The van der Waals surface area contributed by atoms with Crippen LogP contribution >= 0.6 is 0 Å². The number of rotatable bonds is 5. The van der Waals surface area contributed by atoms with Gasteiger partial charge >= 0.3 is 12.2 Å². The Morgan fingerprint density at radius 1 is 1.03 bits per heavy atom. The van der Waals surface area contributed by atoms with Crippen molar-refractivity contribution in [1.29, 1.82) is 0 Å². The van der Waals surface area contributed by atoms with Gasteiger partial charge in [-0.3, -0.25) is 4.90 Å². The minimum atomic E-state index is -0.579. The second-order valence-corrected chi connectivity index (χ2v) is 9.73. The van der Waals surface area contributed by atoms with Crippen molar-refractivity contribution >= 4 is 12.2 Å². The third-order valence-corrected chi connectivity index (χ3v) is 6.40. The molecule has 2 bridgehead atoms. The van der Waals surface area contributed by atoms with E-state index in [1.807, 2.05) is 86.3 Å². The van der Waals surface area contributed by atoms with E-state index in [1.54, 1.807) is 0 Å². The number of hydrogen-bond acceptors (Lipinski definition) is 4. The molecule has 170 valence electrons. The zero-order chi connectivity index (χ0) is 22.8. The van der Waals surface area contributed by atoms with E-state index in [-0.39, 0.29) is 24.8 Å². The molecule has 0 aromatic heterocycles. The fraction of sp³-hybridized carbons (Fsp3) is 0.462. The summed E-state index contributed by atoms with van der Waals surface area (Å²) >= 11 is 0. The zero-order valence-corrected chi connectivity index (χ0v) is 19.0. The van der Waals surface area contributed by atoms with Gasteiger partial charge in [-0.05, 0) is 57.6 Å². The lowest BCUT2D eigenvalue weighted by Gasteiger charge is -2.42. The van der Waals surface area contributed by atoms with Crippen LogP contribution in [0, 0.1) is 0 Å². The van der Waals surface area contributed by atoms with Gasteiger partial charge in [-0.2, -0.15) is 0 Å². The molecule has 1 unspecified atom stereocenters. The maximum absolute atomic E-state index is 13.2. The minimum Gasteiger partial charge on any atom is -0.445 e. The van der Waals surface area contributed by atoms with Crippen LogP contribution in [0.2, 0.25) is 0 Å². The fourth-order valence-corrected chi connectivity index (χ4v) is 5.09. The monoisotopic (exact) mass is 436 g/mol. The smallest absolute Gasteiger partial charge is 0.411 e. The van der Waals surface area contributed by atoms with Gasteiger partial charge in [-0.15, -0.1) is 0 Å². The number of fused-ring (bicyclic) bond motifs is 2. The van der Waals surface area contributed by atoms with Crippen LogP contribution in [0.3, 0.4) is 0 Å². The van der Waals surface area contributed by atoms with E-state index in [9.17, 15) is 9.59 Å². The summed E-state index contributed by atoms with van der Waals surface area (Å²) in [5, 5.41) is 3.10. The van der Waals surface area contributed by atoms with Crippen molar-refractivity contribution in [2.45, 2.75) is 76.3 Å². The first kappa shape index (κ1) is 22.2. The van der Waals surface area contributed by atoms with Gasteiger partial charge in [0.05, 0.1) is 11.6 Å². The minimum absolute atomic E-state index is 0.137. The van der Waals surface area contributed by atoms with Gasteiger partial charge in [0.1, 0.15) is 12.2 Å². The number of nitrogens with one attached hydrogen (secondary N) is 1. The largest absolute Gasteiger partial charge is 0.445 e. The molecule has 2 fully saturated rings. The molecule has 0 radical (unpaired) electrons. The molecule has 4 rings (SSSR count). The van der Waals surface area contributed by atoms with Crippen molar-refractivity contribution in [1.82, 2.24) is 10.2 Å². The average molecular weight is 437 g/mol. The van der Waals surface area contributed by atoms with E-state index >= 15 is 0 Å². The third kappa shape index (κ3) is 4.59. The molecule has 6 heteroatoms. The molecular formula is C26H32N2O4.